The summed E-state index contributed by atoms with van der Waals surface area (Å²) in [6.45, 7) is 5.05. The quantitative estimate of drug-likeness (QED) is 0.767. The van der Waals surface area contributed by atoms with Crippen LogP contribution in [0.2, 0.25) is 0 Å². The number of nitrogens with zero attached hydrogens (tertiary/aromatic N) is 1. The smallest absolute Gasteiger partial charge is 0.119 e. The first-order chi connectivity index (χ1) is 8.15. The van der Waals surface area contributed by atoms with E-state index in [-0.39, 0.29) is 5.41 Å². The van der Waals surface area contributed by atoms with Crippen LogP contribution in [0.1, 0.15) is 44.6 Å². The van der Waals surface area contributed by atoms with Crippen molar-refractivity contribution in [3.05, 3.63) is 29.8 Å². The largest absolute Gasteiger partial charge is 0.493 e. The van der Waals surface area contributed by atoms with E-state index in [4.69, 9.17) is 10.00 Å². The molecule has 0 unspecified atom stereocenters. The van der Waals surface area contributed by atoms with E-state index in [0.29, 0.717) is 18.9 Å². The molecule has 1 aliphatic carbocycles. The second kappa shape index (κ2) is 4.79. The Morgan fingerprint density at radius 2 is 1.94 bits per heavy atom. The Morgan fingerprint density at radius 1 is 1.29 bits per heavy atom. The fourth-order valence-corrected chi connectivity index (χ4v) is 1.90. The number of hydrogen-bond acceptors (Lipinski definition) is 2. The normalized spacial score (nSPS) is 16.6. The highest BCUT2D eigenvalue weighted by Gasteiger charge is 2.43. The van der Waals surface area contributed by atoms with Crippen LogP contribution >= 0.6 is 0 Å². The lowest BCUT2D eigenvalue weighted by atomic mass is 10.0. The highest BCUT2D eigenvalue weighted by Crippen LogP contribution is 2.48. The van der Waals surface area contributed by atoms with Gasteiger partial charge in [-0.1, -0.05) is 26.0 Å². The Morgan fingerprint density at radius 3 is 2.41 bits per heavy atom. The summed E-state index contributed by atoms with van der Waals surface area (Å²) in [6, 6.07) is 10.5. The summed E-state index contributed by atoms with van der Waals surface area (Å²) < 4.78 is 5.77. The lowest BCUT2D eigenvalue weighted by molar-refractivity contribution is 0.237. The lowest BCUT2D eigenvalue weighted by Crippen LogP contribution is -2.12. The van der Waals surface area contributed by atoms with Gasteiger partial charge in [0.25, 0.3) is 0 Å². The zero-order valence-electron chi connectivity index (χ0n) is 10.6. The van der Waals surface area contributed by atoms with Crippen LogP contribution in [0.4, 0.5) is 0 Å². The molecule has 0 radical (unpaired) electrons. The SMILES string of the molecule is CC(C)c1ccc(OCC2(CC#N)CC2)cc1. The maximum Gasteiger partial charge on any atom is 0.119 e. The molecule has 17 heavy (non-hydrogen) atoms. The molecule has 1 aliphatic rings. The van der Waals surface area contributed by atoms with Crippen molar-refractivity contribution < 1.29 is 4.74 Å². The summed E-state index contributed by atoms with van der Waals surface area (Å²) in [5, 5.41) is 8.73. The van der Waals surface area contributed by atoms with Crippen molar-refractivity contribution in [2.45, 2.75) is 39.0 Å². The van der Waals surface area contributed by atoms with Gasteiger partial charge in [-0.25, -0.2) is 0 Å². The molecule has 0 spiro atoms. The van der Waals surface area contributed by atoms with Gasteiger partial charge in [0.15, 0.2) is 0 Å². The molecule has 0 N–H and O–H groups in total. The highest BCUT2D eigenvalue weighted by molar-refractivity contribution is 5.29. The van der Waals surface area contributed by atoms with Gasteiger partial charge < -0.3 is 4.74 Å². The molecule has 1 aromatic carbocycles. The zero-order valence-corrected chi connectivity index (χ0v) is 10.6. The third kappa shape index (κ3) is 3.00. The van der Waals surface area contributed by atoms with E-state index >= 15 is 0 Å². The predicted octanol–water partition coefficient (Wildman–Crippen LogP) is 3.88. The molecule has 0 amide bonds. The summed E-state index contributed by atoms with van der Waals surface area (Å²) in [5.41, 5.74) is 1.49. The van der Waals surface area contributed by atoms with Crippen LogP contribution in [0.15, 0.2) is 24.3 Å². The number of nitriles is 1. The van der Waals surface area contributed by atoms with Gasteiger partial charge in [0.1, 0.15) is 5.75 Å². The van der Waals surface area contributed by atoms with Crippen LogP contribution < -0.4 is 4.74 Å². The average molecular weight is 229 g/mol. The van der Waals surface area contributed by atoms with Crippen LogP contribution in [0, 0.1) is 16.7 Å². The van der Waals surface area contributed by atoms with Crippen LogP contribution in [-0.2, 0) is 0 Å². The van der Waals surface area contributed by atoms with Gasteiger partial charge in [-0.05, 0) is 36.5 Å². The molecule has 0 aliphatic heterocycles. The molecule has 90 valence electrons. The Labute approximate surface area is 103 Å². The van der Waals surface area contributed by atoms with E-state index in [1.165, 1.54) is 5.56 Å². The maximum atomic E-state index is 8.73. The van der Waals surface area contributed by atoms with E-state index in [1.807, 2.05) is 12.1 Å². The Bertz CT molecular complexity index is 410. The van der Waals surface area contributed by atoms with Crippen LogP contribution in [0.3, 0.4) is 0 Å². The number of ether oxygens (including phenoxy) is 1. The minimum atomic E-state index is 0.158. The lowest BCUT2D eigenvalue weighted by Gasteiger charge is -2.13. The molecule has 2 heteroatoms. The summed E-state index contributed by atoms with van der Waals surface area (Å²) in [5.74, 6) is 1.47. The van der Waals surface area contributed by atoms with Gasteiger partial charge in [0, 0.05) is 11.8 Å². The summed E-state index contributed by atoms with van der Waals surface area (Å²) in [7, 11) is 0. The monoisotopic (exact) mass is 229 g/mol. The van der Waals surface area contributed by atoms with E-state index in [1.54, 1.807) is 0 Å². The third-order valence-corrected chi connectivity index (χ3v) is 3.50. The molecule has 0 heterocycles. The molecule has 2 rings (SSSR count). The topological polar surface area (TPSA) is 33.0 Å². The number of rotatable bonds is 5. The first-order valence-corrected chi connectivity index (χ1v) is 6.25. The Balaban J connectivity index is 1.90. The van der Waals surface area contributed by atoms with E-state index < -0.39 is 0 Å². The molecule has 0 saturated heterocycles. The van der Waals surface area contributed by atoms with Crippen molar-refractivity contribution in [2.24, 2.45) is 5.41 Å². The number of hydrogen-bond donors (Lipinski definition) is 0. The minimum absolute atomic E-state index is 0.158. The molecule has 0 atom stereocenters. The Kier molecular flexibility index (Phi) is 3.38. The molecule has 2 nitrogen and oxygen atoms in total. The van der Waals surface area contributed by atoms with Crippen molar-refractivity contribution in [1.29, 1.82) is 5.26 Å². The van der Waals surface area contributed by atoms with Crippen molar-refractivity contribution >= 4 is 0 Å². The van der Waals surface area contributed by atoms with E-state index in [9.17, 15) is 0 Å². The van der Waals surface area contributed by atoms with Crippen molar-refractivity contribution in [1.82, 2.24) is 0 Å². The molecule has 0 bridgehead atoms. The van der Waals surface area contributed by atoms with Gasteiger partial charge in [-0.3, -0.25) is 0 Å². The maximum absolute atomic E-state index is 8.73. The van der Waals surface area contributed by atoms with Crippen molar-refractivity contribution in [3.63, 3.8) is 0 Å². The predicted molar refractivity (Wildman–Crippen MR) is 67.9 cm³/mol. The van der Waals surface area contributed by atoms with Crippen molar-refractivity contribution in [2.75, 3.05) is 6.61 Å². The van der Waals surface area contributed by atoms with Gasteiger partial charge in [0.2, 0.25) is 0 Å². The molecule has 1 aromatic rings. The van der Waals surface area contributed by atoms with E-state index in [2.05, 4.69) is 32.0 Å². The average Bonchev–Trinajstić information content (AvgIpc) is 3.08. The minimum Gasteiger partial charge on any atom is -0.493 e. The van der Waals surface area contributed by atoms with Crippen LogP contribution in [-0.4, -0.2) is 6.61 Å². The molecular weight excluding hydrogens is 210 g/mol. The molecule has 1 fully saturated rings. The van der Waals surface area contributed by atoms with E-state index in [0.717, 1.165) is 18.6 Å². The Hall–Kier alpha value is -1.49. The fourth-order valence-electron chi connectivity index (χ4n) is 1.90. The highest BCUT2D eigenvalue weighted by atomic mass is 16.5. The van der Waals surface area contributed by atoms with Gasteiger partial charge in [-0.15, -0.1) is 0 Å². The summed E-state index contributed by atoms with van der Waals surface area (Å²) in [6.07, 6.45) is 2.88. The second-order valence-electron chi connectivity index (χ2n) is 5.35. The van der Waals surface area contributed by atoms with Crippen LogP contribution in [0.25, 0.3) is 0 Å². The third-order valence-electron chi connectivity index (χ3n) is 3.50. The first kappa shape index (κ1) is 12.0. The summed E-state index contributed by atoms with van der Waals surface area (Å²) >= 11 is 0. The second-order valence-corrected chi connectivity index (χ2v) is 5.35. The molecule has 1 saturated carbocycles. The van der Waals surface area contributed by atoms with Gasteiger partial charge >= 0.3 is 0 Å². The van der Waals surface area contributed by atoms with Gasteiger partial charge in [0.05, 0.1) is 12.7 Å². The van der Waals surface area contributed by atoms with Crippen LogP contribution in [0.5, 0.6) is 5.75 Å². The van der Waals surface area contributed by atoms with Crippen molar-refractivity contribution in [3.8, 4) is 11.8 Å². The standard InChI is InChI=1S/C15H19NO/c1-12(2)13-3-5-14(6-4-13)17-11-15(7-8-15)9-10-16/h3-6,12H,7-9,11H2,1-2H3. The summed E-state index contributed by atoms with van der Waals surface area (Å²) in [4.78, 5) is 0. The molecule has 0 aromatic heterocycles. The zero-order chi connectivity index (χ0) is 12.3. The number of benzene rings is 1. The molecular formula is C15H19NO. The fraction of sp³-hybridized carbons (Fsp3) is 0.533. The van der Waals surface area contributed by atoms with Gasteiger partial charge in [-0.2, -0.15) is 5.26 Å². The first-order valence-electron chi connectivity index (χ1n) is 6.25.